The first-order chi connectivity index (χ1) is 21.9. The molecule has 1 fully saturated rings. The summed E-state index contributed by atoms with van der Waals surface area (Å²) in [5.74, 6) is 0.933. The zero-order valence-corrected chi connectivity index (χ0v) is 26.0. The normalized spacial score (nSPS) is 19.8. The molecule has 2 aromatic carbocycles. The number of pyridine rings is 1. The van der Waals surface area contributed by atoms with Crippen LogP contribution in [0.1, 0.15) is 62.1 Å². The van der Waals surface area contributed by atoms with Gasteiger partial charge in [-0.2, -0.15) is 5.10 Å². The molecule has 0 radical (unpaired) electrons. The van der Waals surface area contributed by atoms with Gasteiger partial charge in [-0.3, -0.25) is 10.2 Å². The minimum Gasteiger partial charge on any atom is -0.493 e. The Bertz CT molecular complexity index is 1690. The van der Waals surface area contributed by atoms with E-state index in [0.717, 1.165) is 83.3 Å². The van der Waals surface area contributed by atoms with Gasteiger partial charge in [-0.05, 0) is 98.8 Å². The van der Waals surface area contributed by atoms with Gasteiger partial charge >= 0.3 is 6.09 Å². The summed E-state index contributed by atoms with van der Waals surface area (Å²) in [7, 11) is 0. The number of nitrogens with zero attached hydrogens (tertiary/aromatic N) is 1. The van der Waals surface area contributed by atoms with E-state index in [1.165, 1.54) is 11.1 Å². The van der Waals surface area contributed by atoms with Crippen LogP contribution in [0.3, 0.4) is 0 Å². The molecule has 1 aliphatic carbocycles. The number of amides is 1. The Hall–Kier alpha value is -4.15. The quantitative estimate of drug-likeness (QED) is 0.260. The van der Waals surface area contributed by atoms with E-state index in [0.29, 0.717) is 31.7 Å². The van der Waals surface area contributed by atoms with Gasteiger partial charge in [0.1, 0.15) is 11.9 Å². The average molecular weight is 615 g/mol. The molecule has 2 aliphatic heterocycles. The average Bonchev–Trinajstić information content (AvgIpc) is 3.02. The van der Waals surface area contributed by atoms with Crippen LogP contribution in [0.2, 0.25) is 0 Å². The van der Waals surface area contributed by atoms with Crippen molar-refractivity contribution in [1.29, 1.82) is 0 Å². The molecule has 10 heteroatoms. The first kappa shape index (κ1) is 30.9. The molecule has 6 rings (SSSR count). The van der Waals surface area contributed by atoms with E-state index < -0.39 is 6.09 Å². The maximum atomic E-state index is 13.5. The number of aromatic nitrogens is 1. The van der Waals surface area contributed by atoms with Crippen molar-refractivity contribution in [3.05, 3.63) is 74.7 Å². The number of hydrazone groups is 1. The Morgan fingerprint density at radius 1 is 1.09 bits per heavy atom. The predicted molar refractivity (Wildman–Crippen MR) is 174 cm³/mol. The molecule has 2 atom stereocenters. The van der Waals surface area contributed by atoms with Gasteiger partial charge in [0.2, 0.25) is 0 Å². The van der Waals surface area contributed by atoms with Gasteiger partial charge in [0.25, 0.3) is 5.56 Å². The zero-order chi connectivity index (χ0) is 31.3. The van der Waals surface area contributed by atoms with Crippen LogP contribution in [0.5, 0.6) is 5.75 Å². The van der Waals surface area contributed by atoms with Crippen LogP contribution in [-0.4, -0.2) is 61.0 Å². The van der Waals surface area contributed by atoms with E-state index in [2.05, 4.69) is 40.8 Å². The molecule has 3 aliphatic rings. The number of ether oxygens (including phenoxy) is 3. The molecule has 238 valence electrons. The Kier molecular flexibility index (Phi) is 9.51. The lowest BCUT2D eigenvalue weighted by Gasteiger charge is -2.32. The molecule has 1 saturated carbocycles. The molecule has 3 aromatic rings. The van der Waals surface area contributed by atoms with Gasteiger partial charge in [0.05, 0.1) is 43.2 Å². The largest absolute Gasteiger partial charge is 0.493 e. The first-order valence-electron chi connectivity index (χ1n) is 16.0. The minimum absolute atomic E-state index is 0.0479. The number of aryl methyl sites for hydroxylation is 2. The standard InChI is InChI=1S/C35H42N4O6/c1-21-29-19-23-8-5-15-44-31(23)20-30(29)37-34(41)32(21)24-6-3-7-25(18-24)33-28-12-11-26(9-4-10-27(28)22(2)38-39-33)45-35(42)36-13-16-43-17-14-40/h3,6-7,18-20,26,28,38,40H,4-5,8-17H2,1-2H3,(H,36,42)(H,37,41). The van der Waals surface area contributed by atoms with Crippen molar-refractivity contribution in [2.24, 2.45) is 11.0 Å². The second-order valence-electron chi connectivity index (χ2n) is 12.1. The fraction of sp³-hybridized carbons (Fsp3) is 0.457. The molecular weight excluding hydrogens is 572 g/mol. The van der Waals surface area contributed by atoms with Crippen LogP contribution in [0.15, 0.2) is 57.6 Å². The Morgan fingerprint density at radius 3 is 2.82 bits per heavy atom. The van der Waals surface area contributed by atoms with Gasteiger partial charge in [0, 0.05) is 29.6 Å². The Labute approximate surface area is 262 Å². The summed E-state index contributed by atoms with van der Waals surface area (Å²) < 4.78 is 16.8. The van der Waals surface area contributed by atoms with Crippen LogP contribution >= 0.6 is 0 Å². The number of alkyl carbamates (subject to hydrolysis) is 1. The lowest BCUT2D eigenvalue weighted by atomic mass is 9.79. The lowest BCUT2D eigenvalue weighted by Crippen LogP contribution is -2.34. The van der Waals surface area contributed by atoms with Crippen LogP contribution in [0.25, 0.3) is 22.0 Å². The third-order valence-electron chi connectivity index (χ3n) is 9.10. The van der Waals surface area contributed by atoms with Crippen molar-refractivity contribution in [2.45, 2.75) is 64.9 Å². The van der Waals surface area contributed by atoms with Gasteiger partial charge in [-0.25, -0.2) is 4.79 Å². The number of aliphatic hydroxyl groups is 1. The number of benzene rings is 2. The number of aliphatic hydroxyl groups excluding tert-OH is 1. The summed E-state index contributed by atoms with van der Waals surface area (Å²) in [6.45, 7) is 5.64. The summed E-state index contributed by atoms with van der Waals surface area (Å²) in [5, 5.41) is 17.4. The SMILES string of the molecule is CC1=C2CCCC(OC(=O)NCCOCCO)CCC2C(c2cccc(-c3c(C)c4cc5c(cc4[nH]c3=O)OCCC5)c2)=NN1. The number of carbonyl (C=O) groups excluding carboxylic acids is 1. The summed E-state index contributed by atoms with van der Waals surface area (Å²) >= 11 is 0. The topological polar surface area (TPSA) is 134 Å². The predicted octanol–water partition coefficient (Wildman–Crippen LogP) is 5.09. The van der Waals surface area contributed by atoms with E-state index in [1.807, 2.05) is 25.1 Å². The fourth-order valence-electron chi connectivity index (χ4n) is 6.86. The highest BCUT2D eigenvalue weighted by molar-refractivity contribution is 6.05. The van der Waals surface area contributed by atoms with Gasteiger partial charge < -0.3 is 29.6 Å². The number of aromatic amines is 1. The second kappa shape index (κ2) is 13.9. The number of rotatable bonds is 8. The molecule has 10 nitrogen and oxygen atoms in total. The maximum absolute atomic E-state index is 13.5. The third-order valence-corrected chi connectivity index (χ3v) is 9.10. The second-order valence-corrected chi connectivity index (χ2v) is 12.1. The van der Waals surface area contributed by atoms with E-state index in [9.17, 15) is 9.59 Å². The number of carbonyl (C=O) groups is 1. The van der Waals surface area contributed by atoms with Gasteiger partial charge in [-0.1, -0.05) is 18.2 Å². The first-order valence-corrected chi connectivity index (χ1v) is 16.0. The number of fused-ring (bicyclic) bond motifs is 3. The number of allylic oxidation sites excluding steroid dienone is 2. The molecule has 45 heavy (non-hydrogen) atoms. The van der Waals surface area contributed by atoms with Crippen LogP contribution in [-0.2, 0) is 15.9 Å². The monoisotopic (exact) mass is 614 g/mol. The smallest absolute Gasteiger partial charge is 0.407 e. The summed E-state index contributed by atoms with van der Waals surface area (Å²) in [5.41, 5.74) is 11.9. The number of nitrogens with one attached hydrogen (secondary N) is 3. The van der Waals surface area contributed by atoms with E-state index in [4.69, 9.17) is 24.4 Å². The molecular formula is C35H42N4O6. The summed E-state index contributed by atoms with van der Waals surface area (Å²) in [4.78, 5) is 29.0. The molecule has 4 N–H and O–H groups in total. The molecule has 0 spiro atoms. The van der Waals surface area contributed by atoms with E-state index >= 15 is 0 Å². The van der Waals surface area contributed by atoms with Crippen LogP contribution in [0.4, 0.5) is 4.79 Å². The van der Waals surface area contributed by atoms with Crippen molar-refractivity contribution < 1.29 is 24.1 Å². The van der Waals surface area contributed by atoms with Crippen LogP contribution in [0, 0.1) is 12.8 Å². The number of hydrogen-bond acceptors (Lipinski definition) is 8. The molecule has 3 heterocycles. The van der Waals surface area contributed by atoms with Crippen molar-refractivity contribution in [3.63, 3.8) is 0 Å². The fourth-order valence-corrected chi connectivity index (χ4v) is 6.86. The van der Waals surface area contributed by atoms with E-state index in [-0.39, 0.29) is 30.8 Å². The van der Waals surface area contributed by atoms with Crippen molar-refractivity contribution >= 4 is 22.7 Å². The number of H-pyrrole nitrogens is 1. The Morgan fingerprint density at radius 2 is 1.96 bits per heavy atom. The van der Waals surface area contributed by atoms with Crippen molar-refractivity contribution in [2.75, 3.05) is 33.0 Å². The third kappa shape index (κ3) is 6.77. The highest BCUT2D eigenvalue weighted by Gasteiger charge is 2.31. The Balaban J connectivity index is 1.23. The molecule has 0 saturated heterocycles. The van der Waals surface area contributed by atoms with Gasteiger partial charge in [0.15, 0.2) is 0 Å². The molecule has 0 bridgehead atoms. The molecule has 2 unspecified atom stereocenters. The highest BCUT2D eigenvalue weighted by atomic mass is 16.6. The summed E-state index contributed by atoms with van der Waals surface area (Å²) in [6.07, 6.45) is 5.40. The van der Waals surface area contributed by atoms with Crippen LogP contribution < -0.4 is 21.0 Å². The van der Waals surface area contributed by atoms with E-state index in [1.54, 1.807) is 0 Å². The minimum atomic E-state index is -0.448. The molecule has 1 amide bonds. The highest BCUT2D eigenvalue weighted by Crippen LogP contribution is 2.37. The zero-order valence-electron chi connectivity index (χ0n) is 26.0. The summed E-state index contributed by atoms with van der Waals surface area (Å²) in [6, 6.07) is 12.2. The number of hydrogen-bond donors (Lipinski definition) is 4. The molecule has 1 aromatic heterocycles. The van der Waals surface area contributed by atoms with Gasteiger partial charge in [-0.15, -0.1) is 0 Å². The lowest BCUT2D eigenvalue weighted by molar-refractivity contribution is 0.0723. The van der Waals surface area contributed by atoms with Crippen molar-refractivity contribution in [1.82, 2.24) is 15.7 Å². The van der Waals surface area contributed by atoms with Crippen molar-refractivity contribution in [3.8, 4) is 16.9 Å². The maximum Gasteiger partial charge on any atom is 0.407 e.